The van der Waals surface area contributed by atoms with E-state index in [1.807, 2.05) is 39.5 Å². The fourth-order valence-electron chi connectivity index (χ4n) is 1.65. The Bertz CT molecular complexity index is 290. The van der Waals surface area contributed by atoms with Crippen molar-refractivity contribution in [1.29, 1.82) is 0 Å². The lowest BCUT2D eigenvalue weighted by Gasteiger charge is -2.29. The summed E-state index contributed by atoms with van der Waals surface area (Å²) in [5, 5.41) is 11.7. The molecule has 0 rings (SSSR count). The summed E-state index contributed by atoms with van der Waals surface area (Å²) in [5.41, 5.74) is -0.216. The number of amides is 1. The molecule has 0 fully saturated rings. The molecule has 1 unspecified atom stereocenters. The second-order valence-electron chi connectivity index (χ2n) is 5.30. The molecule has 1 atom stereocenters. The van der Waals surface area contributed by atoms with Crippen molar-refractivity contribution in [3.8, 4) is 0 Å². The molecule has 0 heterocycles. The van der Waals surface area contributed by atoms with Gasteiger partial charge >= 0.3 is 5.97 Å². The van der Waals surface area contributed by atoms with E-state index >= 15 is 0 Å². The molecule has 18 heavy (non-hydrogen) atoms. The summed E-state index contributed by atoms with van der Waals surface area (Å²) in [5.74, 6) is -0.892. The topological polar surface area (TPSA) is 69.6 Å². The number of carboxylic acids is 1. The third-order valence-corrected chi connectivity index (χ3v) is 3.21. The number of aliphatic carboxylic acids is 1. The maximum absolute atomic E-state index is 11.9. The monoisotopic (exact) mass is 258 g/mol. The van der Waals surface area contributed by atoms with Crippen LogP contribution in [-0.2, 0) is 9.59 Å². The summed E-state index contributed by atoms with van der Waals surface area (Å²) in [4.78, 5) is 24.4. The highest BCUT2D eigenvalue weighted by Crippen LogP contribution is 2.08. The molecule has 0 radical (unpaired) electrons. The van der Waals surface area contributed by atoms with Crippen molar-refractivity contribution in [2.24, 2.45) is 0 Å². The molecule has 2 N–H and O–H groups in total. The van der Waals surface area contributed by atoms with Gasteiger partial charge in [-0.05, 0) is 33.7 Å². The van der Waals surface area contributed by atoms with Crippen molar-refractivity contribution in [1.82, 2.24) is 10.2 Å². The van der Waals surface area contributed by atoms with Crippen LogP contribution in [0.1, 0.15) is 47.5 Å². The van der Waals surface area contributed by atoms with Gasteiger partial charge in [-0.3, -0.25) is 14.5 Å². The molecule has 0 aromatic carbocycles. The maximum Gasteiger partial charge on any atom is 0.304 e. The Morgan fingerprint density at radius 2 is 1.89 bits per heavy atom. The molecule has 5 nitrogen and oxygen atoms in total. The molecule has 0 aliphatic heterocycles. The first kappa shape index (κ1) is 16.9. The van der Waals surface area contributed by atoms with E-state index in [4.69, 9.17) is 5.11 Å². The highest BCUT2D eigenvalue weighted by Gasteiger charge is 2.22. The zero-order chi connectivity index (χ0) is 14.3. The van der Waals surface area contributed by atoms with Crippen molar-refractivity contribution in [2.75, 3.05) is 13.1 Å². The number of rotatable bonds is 8. The summed E-state index contributed by atoms with van der Waals surface area (Å²) >= 11 is 0. The van der Waals surface area contributed by atoms with Gasteiger partial charge in [0.25, 0.3) is 0 Å². The lowest BCUT2D eigenvalue weighted by atomic mass is 10.0. The SMILES string of the molecule is CCN(CC(=O)NC(C)(C)CC)C(C)CC(=O)O. The van der Waals surface area contributed by atoms with Crippen molar-refractivity contribution in [3.05, 3.63) is 0 Å². The van der Waals surface area contributed by atoms with Crippen LogP contribution in [0.3, 0.4) is 0 Å². The van der Waals surface area contributed by atoms with E-state index in [1.54, 1.807) is 0 Å². The Labute approximate surface area is 110 Å². The number of carbonyl (C=O) groups excluding carboxylic acids is 1. The fraction of sp³-hybridized carbons (Fsp3) is 0.846. The molecule has 0 aromatic rings. The number of nitrogens with zero attached hydrogens (tertiary/aromatic N) is 1. The molecule has 5 heteroatoms. The summed E-state index contributed by atoms with van der Waals surface area (Å²) in [6, 6.07) is -0.136. The van der Waals surface area contributed by atoms with Crippen LogP contribution in [-0.4, -0.2) is 46.6 Å². The van der Waals surface area contributed by atoms with Crippen molar-refractivity contribution >= 4 is 11.9 Å². The minimum Gasteiger partial charge on any atom is -0.481 e. The van der Waals surface area contributed by atoms with E-state index < -0.39 is 5.97 Å². The average molecular weight is 258 g/mol. The number of nitrogens with one attached hydrogen (secondary N) is 1. The van der Waals surface area contributed by atoms with Crippen LogP contribution in [0.25, 0.3) is 0 Å². The first-order valence-corrected chi connectivity index (χ1v) is 6.48. The lowest BCUT2D eigenvalue weighted by molar-refractivity contribution is -0.139. The summed E-state index contributed by atoms with van der Waals surface area (Å²) in [6.07, 6.45) is 0.911. The van der Waals surface area contributed by atoms with Gasteiger partial charge in [0.15, 0.2) is 0 Å². The summed E-state index contributed by atoms with van der Waals surface area (Å²) < 4.78 is 0. The van der Waals surface area contributed by atoms with E-state index in [-0.39, 0.29) is 30.5 Å². The normalized spacial score (nSPS) is 13.4. The molecule has 0 spiro atoms. The van der Waals surface area contributed by atoms with Crippen LogP contribution in [0.2, 0.25) is 0 Å². The van der Waals surface area contributed by atoms with Crippen LogP contribution in [0, 0.1) is 0 Å². The third-order valence-electron chi connectivity index (χ3n) is 3.21. The van der Waals surface area contributed by atoms with Crippen LogP contribution in [0.5, 0.6) is 0 Å². The second-order valence-corrected chi connectivity index (χ2v) is 5.30. The zero-order valence-corrected chi connectivity index (χ0v) is 12.1. The Morgan fingerprint density at radius 1 is 1.33 bits per heavy atom. The fourth-order valence-corrected chi connectivity index (χ4v) is 1.65. The van der Waals surface area contributed by atoms with Crippen LogP contribution < -0.4 is 5.32 Å². The van der Waals surface area contributed by atoms with Gasteiger partial charge in [-0.1, -0.05) is 13.8 Å². The zero-order valence-electron chi connectivity index (χ0n) is 12.1. The molecular formula is C13H26N2O3. The number of hydrogen-bond acceptors (Lipinski definition) is 3. The predicted octanol–water partition coefficient (Wildman–Crippen LogP) is 1.48. The Balaban J connectivity index is 4.36. The van der Waals surface area contributed by atoms with Crippen LogP contribution in [0.15, 0.2) is 0 Å². The Kier molecular flexibility index (Phi) is 6.91. The van der Waals surface area contributed by atoms with Gasteiger partial charge < -0.3 is 10.4 Å². The van der Waals surface area contributed by atoms with Gasteiger partial charge in [0, 0.05) is 11.6 Å². The molecule has 0 aromatic heterocycles. The molecular weight excluding hydrogens is 232 g/mol. The summed E-state index contributed by atoms with van der Waals surface area (Å²) in [6.45, 7) is 10.6. The van der Waals surface area contributed by atoms with E-state index in [0.29, 0.717) is 6.54 Å². The molecule has 0 aliphatic rings. The molecule has 0 saturated heterocycles. The number of hydrogen-bond donors (Lipinski definition) is 2. The number of likely N-dealkylation sites (N-methyl/N-ethyl adjacent to an activating group) is 1. The highest BCUT2D eigenvalue weighted by atomic mass is 16.4. The quantitative estimate of drug-likeness (QED) is 0.692. The van der Waals surface area contributed by atoms with E-state index in [9.17, 15) is 9.59 Å². The molecule has 1 amide bonds. The smallest absolute Gasteiger partial charge is 0.304 e. The van der Waals surface area contributed by atoms with Gasteiger partial charge in [0.2, 0.25) is 5.91 Å². The standard InChI is InChI=1S/C13H26N2O3/c1-6-13(4,5)14-11(16)9-15(7-2)10(3)8-12(17)18/h10H,6-9H2,1-5H3,(H,14,16)(H,17,18). The van der Waals surface area contributed by atoms with Gasteiger partial charge in [-0.25, -0.2) is 0 Å². The lowest BCUT2D eigenvalue weighted by Crippen LogP contribution is -2.49. The molecule has 0 aliphatic carbocycles. The van der Waals surface area contributed by atoms with Crippen molar-refractivity contribution in [3.63, 3.8) is 0 Å². The van der Waals surface area contributed by atoms with Gasteiger partial charge in [0.05, 0.1) is 13.0 Å². The summed E-state index contributed by atoms with van der Waals surface area (Å²) in [7, 11) is 0. The third kappa shape index (κ3) is 6.59. The van der Waals surface area contributed by atoms with E-state index in [0.717, 1.165) is 6.42 Å². The largest absolute Gasteiger partial charge is 0.481 e. The highest BCUT2D eigenvalue weighted by molar-refractivity contribution is 5.79. The van der Waals surface area contributed by atoms with Gasteiger partial charge in [0.1, 0.15) is 0 Å². The average Bonchev–Trinajstić information content (AvgIpc) is 2.24. The van der Waals surface area contributed by atoms with Gasteiger partial charge in [-0.2, -0.15) is 0 Å². The van der Waals surface area contributed by atoms with Crippen molar-refractivity contribution in [2.45, 2.75) is 59.0 Å². The van der Waals surface area contributed by atoms with Crippen LogP contribution in [0.4, 0.5) is 0 Å². The number of carbonyl (C=O) groups is 2. The molecule has 106 valence electrons. The minimum atomic E-state index is -0.838. The first-order valence-electron chi connectivity index (χ1n) is 6.48. The van der Waals surface area contributed by atoms with E-state index in [2.05, 4.69) is 5.32 Å². The Hall–Kier alpha value is -1.10. The minimum absolute atomic E-state index is 0.0539. The van der Waals surface area contributed by atoms with Crippen LogP contribution >= 0.6 is 0 Å². The predicted molar refractivity (Wildman–Crippen MR) is 71.5 cm³/mol. The second kappa shape index (κ2) is 7.36. The molecule has 0 saturated carbocycles. The van der Waals surface area contributed by atoms with Crippen molar-refractivity contribution < 1.29 is 14.7 Å². The maximum atomic E-state index is 11.9. The van der Waals surface area contributed by atoms with E-state index in [1.165, 1.54) is 0 Å². The Morgan fingerprint density at radius 3 is 2.28 bits per heavy atom. The number of carboxylic acid groups (broad SMARTS) is 1. The van der Waals surface area contributed by atoms with Gasteiger partial charge in [-0.15, -0.1) is 0 Å². The molecule has 0 bridgehead atoms. The first-order chi connectivity index (χ1) is 8.21.